The Hall–Kier alpha value is -1.77. The third-order valence-electron chi connectivity index (χ3n) is 1.67. The molecule has 0 bridgehead atoms. The molecular formula is C11H13NO2. The molecule has 1 aliphatic carbocycles. The second-order valence-corrected chi connectivity index (χ2v) is 3.21. The molecule has 0 saturated carbocycles. The zero-order valence-electron chi connectivity index (χ0n) is 8.27. The van der Waals surface area contributed by atoms with Crippen molar-refractivity contribution in [1.82, 2.24) is 4.90 Å². The lowest BCUT2D eigenvalue weighted by atomic mass is 10.2. The van der Waals surface area contributed by atoms with Crippen LogP contribution in [0.1, 0.15) is 0 Å². The lowest BCUT2D eigenvalue weighted by Gasteiger charge is -2.04. The summed E-state index contributed by atoms with van der Waals surface area (Å²) < 4.78 is 0. The van der Waals surface area contributed by atoms with Crippen LogP contribution in [0.3, 0.4) is 0 Å². The Bertz CT molecular complexity index is 346. The van der Waals surface area contributed by atoms with E-state index in [1.807, 2.05) is 31.3 Å². The predicted molar refractivity (Wildman–Crippen MR) is 55.8 cm³/mol. The number of rotatable bonds is 2. The van der Waals surface area contributed by atoms with Gasteiger partial charge in [0.1, 0.15) is 0 Å². The molecule has 0 radical (unpaired) electrons. The largest absolute Gasteiger partial charge is 0.478 e. The first kappa shape index (κ1) is 10.3. The summed E-state index contributed by atoms with van der Waals surface area (Å²) in [6.45, 7) is 0. The summed E-state index contributed by atoms with van der Waals surface area (Å²) >= 11 is 0. The lowest BCUT2D eigenvalue weighted by molar-refractivity contribution is -0.132. The topological polar surface area (TPSA) is 40.5 Å². The minimum atomic E-state index is -0.906. The van der Waals surface area contributed by atoms with E-state index in [4.69, 9.17) is 5.11 Å². The molecule has 0 amide bonds. The van der Waals surface area contributed by atoms with Crippen LogP contribution in [-0.4, -0.2) is 30.1 Å². The molecule has 14 heavy (non-hydrogen) atoms. The standard InChI is InChI=1S/C11H13NO2/c1-12(2)8-9-4-3-5-10(7-6-9)11(13)14/h3-8H,1-2H3,(H,13,14)/b9-8+. The van der Waals surface area contributed by atoms with E-state index >= 15 is 0 Å². The van der Waals surface area contributed by atoms with Crippen LogP contribution in [0.15, 0.2) is 47.7 Å². The van der Waals surface area contributed by atoms with E-state index in [0.717, 1.165) is 5.57 Å². The number of hydrogen-bond donors (Lipinski definition) is 1. The van der Waals surface area contributed by atoms with Gasteiger partial charge in [-0.3, -0.25) is 0 Å². The van der Waals surface area contributed by atoms with Crippen molar-refractivity contribution in [2.45, 2.75) is 0 Å². The molecule has 0 aromatic carbocycles. The van der Waals surface area contributed by atoms with Crippen molar-refractivity contribution in [2.75, 3.05) is 14.1 Å². The Labute approximate surface area is 83.3 Å². The number of carbonyl (C=O) groups is 1. The number of carboxylic acids is 1. The van der Waals surface area contributed by atoms with Gasteiger partial charge >= 0.3 is 5.97 Å². The van der Waals surface area contributed by atoms with Crippen LogP contribution in [0.5, 0.6) is 0 Å². The molecule has 1 aliphatic rings. The SMILES string of the molecule is CN(C)/C=C1\C=CC=C(C(=O)O)C=C1. The number of aliphatic carboxylic acids is 1. The molecule has 0 aromatic heterocycles. The zero-order chi connectivity index (χ0) is 10.6. The minimum Gasteiger partial charge on any atom is -0.478 e. The van der Waals surface area contributed by atoms with Crippen LogP contribution < -0.4 is 0 Å². The predicted octanol–water partition coefficient (Wildman–Crippen LogP) is 1.57. The van der Waals surface area contributed by atoms with Crippen LogP contribution in [-0.2, 0) is 4.79 Å². The minimum absolute atomic E-state index is 0.295. The highest BCUT2D eigenvalue weighted by molar-refractivity contribution is 5.90. The van der Waals surface area contributed by atoms with E-state index < -0.39 is 5.97 Å². The summed E-state index contributed by atoms with van der Waals surface area (Å²) in [6, 6.07) is 0. The van der Waals surface area contributed by atoms with Crippen molar-refractivity contribution < 1.29 is 9.90 Å². The van der Waals surface area contributed by atoms with E-state index in [1.165, 1.54) is 0 Å². The summed E-state index contributed by atoms with van der Waals surface area (Å²) in [5, 5.41) is 8.75. The molecule has 74 valence electrons. The van der Waals surface area contributed by atoms with Crippen molar-refractivity contribution in [3.63, 3.8) is 0 Å². The molecule has 3 nitrogen and oxygen atoms in total. The van der Waals surface area contributed by atoms with Crippen molar-refractivity contribution >= 4 is 5.97 Å². The average Bonchev–Trinajstić information content (AvgIpc) is 2.28. The Morgan fingerprint density at radius 3 is 2.64 bits per heavy atom. The zero-order valence-corrected chi connectivity index (χ0v) is 8.27. The Morgan fingerprint density at radius 1 is 1.36 bits per heavy atom. The van der Waals surface area contributed by atoms with Gasteiger partial charge in [-0.05, 0) is 17.7 Å². The average molecular weight is 191 g/mol. The lowest BCUT2D eigenvalue weighted by Crippen LogP contribution is -2.01. The van der Waals surface area contributed by atoms with Gasteiger partial charge in [-0.25, -0.2) is 4.79 Å². The third-order valence-corrected chi connectivity index (χ3v) is 1.67. The van der Waals surface area contributed by atoms with E-state index in [2.05, 4.69) is 0 Å². The maximum Gasteiger partial charge on any atom is 0.335 e. The molecule has 0 aromatic rings. The maximum absolute atomic E-state index is 10.7. The second-order valence-electron chi connectivity index (χ2n) is 3.21. The van der Waals surface area contributed by atoms with Crippen LogP contribution in [0.25, 0.3) is 0 Å². The molecule has 0 fully saturated rings. The highest BCUT2D eigenvalue weighted by Gasteiger charge is 2.03. The smallest absolute Gasteiger partial charge is 0.335 e. The van der Waals surface area contributed by atoms with Gasteiger partial charge in [-0.1, -0.05) is 18.2 Å². The number of allylic oxidation sites excluding steroid dienone is 5. The van der Waals surface area contributed by atoms with Gasteiger partial charge in [0, 0.05) is 20.3 Å². The fraction of sp³-hybridized carbons (Fsp3) is 0.182. The molecule has 0 saturated heterocycles. The van der Waals surface area contributed by atoms with E-state index in [0.29, 0.717) is 5.57 Å². The number of carboxylic acid groups (broad SMARTS) is 1. The quantitative estimate of drug-likeness (QED) is 0.720. The van der Waals surface area contributed by atoms with Gasteiger partial charge in [0.2, 0.25) is 0 Å². The molecular weight excluding hydrogens is 178 g/mol. The normalized spacial score (nSPS) is 17.9. The van der Waals surface area contributed by atoms with Gasteiger partial charge in [-0.15, -0.1) is 0 Å². The van der Waals surface area contributed by atoms with E-state index in [-0.39, 0.29) is 0 Å². The summed E-state index contributed by atoms with van der Waals surface area (Å²) in [7, 11) is 3.84. The van der Waals surface area contributed by atoms with Gasteiger partial charge in [-0.2, -0.15) is 0 Å². The first-order valence-electron chi connectivity index (χ1n) is 4.27. The molecule has 0 spiro atoms. The Morgan fingerprint density at radius 2 is 2.07 bits per heavy atom. The molecule has 0 atom stereocenters. The van der Waals surface area contributed by atoms with Crippen molar-refractivity contribution in [2.24, 2.45) is 0 Å². The first-order chi connectivity index (χ1) is 6.59. The highest BCUT2D eigenvalue weighted by Crippen LogP contribution is 2.09. The monoisotopic (exact) mass is 191 g/mol. The van der Waals surface area contributed by atoms with Crippen LogP contribution in [0.4, 0.5) is 0 Å². The molecule has 1 N–H and O–H groups in total. The second kappa shape index (κ2) is 4.46. The number of nitrogens with zero attached hydrogens (tertiary/aromatic N) is 1. The molecule has 3 heteroatoms. The van der Waals surface area contributed by atoms with Crippen LogP contribution in [0, 0.1) is 0 Å². The van der Waals surface area contributed by atoms with Gasteiger partial charge in [0.15, 0.2) is 0 Å². The van der Waals surface area contributed by atoms with E-state index in [1.54, 1.807) is 24.3 Å². The molecule has 0 unspecified atom stereocenters. The third kappa shape index (κ3) is 2.94. The number of hydrogen-bond acceptors (Lipinski definition) is 2. The van der Waals surface area contributed by atoms with E-state index in [9.17, 15) is 4.79 Å². The van der Waals surface area contributed by atoms with Crippen molar-refractivity contribution in [3.05, 3.63) is 47.7 Å². The van der Waals surface area contributed by atoms with Crippen LogP contribution >= 0.6 is 0 Å². The van der Waals surface area contributed by atoms with Crippen molar-refractivity contribution in [3.8, 4) is 0 Å². The fourth-order valence-corrected chi connectivity index (χ4v) is 1.09. The fourth-order valence-electron chi connectivity index (χ4n) is 1.09. The van der Waals surface area contributed by atoms with Gasteiger partial charge in [0.05, 0.1) is 5.57 Å². The summed E-state index contributed by atoms with van der Waals surface area (Å²) in [5.41, 5.74) is 1.27. The van der Waals surface area contributed by atoms with Crippen molar-refractivity contribution in [1.29, 1.82) is 0 Å². The first-order valence-corrected chi connectivity index (χ1v) is 4.27. The van der Waals surface area contributed by atoms with Crippen LogP contribution in [0.2, 0.25) is 0 Å². The molecule has 0 aliphatic heterocycles. The Kier molecular flexibility index (Phi) is 3.29. The maximum atomic E-state index is 10.7. The molecule has 1 rings (SSSR count). The Balaban J connectivity index is 2.87. The van der Waals surface area contributed by atoms with Gasteiger partial charge < -0.3 is 10.0 Å². The molecule has 0 heterocycles. The summed E-state index contributed by atoms with van der Waals surface area (Å²) in [5.74, 6) is -0.906. The highest BCUT2D eigenvalue weighted by atomic mass is 16.4. The summed E-state index contributed by atoms with van der Waals surface area (Å²) in [6.07, 6.45) is 10.5. The summed E-state index contributed by atoms with van der Waals surface area (Å²) in [4.78, 5) is 12.6. The van der Waals surface area contributed by atoms with Gasteiger partial charge in [0.25, 0.3) is 0 Å².